The number of nitrogens with zero attached hydrogens (tertiary/aromatic N) is 1. The molecule has 4 nitrogen and oxygen atoms in total. The van der Waals surface area contributed by atoms with Crippen LogP contribution in [0.5, 0.6) is 0 Å². The van der Waals surface area contributed by atoms with Crippen LogP contribution in [0.2, 0.25) is 0 Å². The Morgan fingerprint density at radius 1 is 1.38 bits per heavy atom. The van der Waals surface area contributed by atoms with E-state index in [4.69, 9.17) is 0 Å². The molecule has 0 unspecified atom stereocenters. The normalized spacial score (nSPS) is 10.4. The van der Waals surface area contributed by atoms with Gasteiger partial charge in [0, 0.05) is 12.6 Å². The van der Waals surface area contributed by atoms with Crippen LogP contribution in [-0.2, 0) is 9.59 Å². The van der Waals surface area contributed by atoms with Crippen molar-refractivity contribution >= 4 is 38.9 Å². The number of aromatic nitrogens is 1. The summed E-state index contributed by atoms with van der Waals surface area (Å²) in [7, 11) is 0. The van der Waals surface area contributed by atoms with Gasteiger partial charge in [-0.25, -0.2) is 4.98 Å². The Kier molecular flexibility index (Phi) is 2.70. The second-order valence-electron chi connectivity index (χ2n) is 3.43. The van der Waals surface area contributed by atoms with Crippen molar-refractivity contribution in [2.24, 2.45) is 0 Å². The fourth-order valence-corrected chi connectivity index (χ4v) is 2.20. The molecule has 0 radical (unpaired) electrons. The summed E-state index contributed by atoms with van der Waals surface area (Å²) >= 11 is 1.55. The van der Waals surface area contributed by atoms with Gasteiger partial charge in [0.15, 0.2) is 0 Å². The molecular weight excluding hydrogens is 224 g/mol. The Bertz CT molecular complexity index is 574. The van der Waals surface area contributed by atoms with Gasteiger partial charge in [-0.3, -0.25) is 9.59 Å². The Balaban J connectivity index is 2.32. The Morgan fingerprint density at radius 3 is 2.81 bits per heavy atom. The van der Waals surface area contributed by atoms with Crippen molar-refractivity contribution in [1.82, 2.24) is 4.98 Å². The Hall–Kier alpha value is -1.75. The molecule has 0 spiro atoms. The lowest BCUT2D eigenvalue weighted by molar-refractivity contribution is -0.133. The fraction of sp³-hybridized carbons (Fsp3) is 0.182. The van der Waals surface area contributed by atoms with Crippen molar-refractivity contribution in [3.05, 3.63) is 23.2 Å². The van der Waals surface area contributed by atoms with Crippen molar-refractivity contribution in [2.45, 2.75) is 13.8 Å². The van der Waals surface area contributed by atoms with Crippen LogP contribution in [0, 0.1) is 6.92 Å². The van der Waals surface area contributed by atoms with E-state index in [1.54, 1.807) is 17.4 Å². The van der Waals surface area contributed by atoms with Crippen LogP contribution in [0.4, 0.5) is 5.69 Å². The molecule has 82 valence electrons. The predicted molar refractivity (Wildman–Crippen MR) is 63.7 cm³/mol. The van der Waals surface area contributed by atoms with Crippen LogP contribution in [0.3, 0.4) is 0 Å². The Morgan fingerprint density at radius 2 is 2.12 bits per heavy atom. The monoisotopic (exact) mass is 234 g/mol. The molecule has 1 aromatic carbocycles. The summed E-state index contributed by atoms with van der Waals surface area (Å²) in [5, 5.41) is 3.51. The second kappa shape index (κ2) is 4.02. The third-order valence-corrected chi connectivity index (χ3v) is 3.01. The number of nitrogens with one attached hydrogen (secondary N) is 1. The summed E-state index contributed by atoms with van der Waals surface area (Å²) in [6.07, 6.45) is 0. The molecule has 0 aliphatic heterocycles. The number of benzene rings is 1. The molecule has 1 N–H and O–H groups in total. The van der Waals surface area contributed by atoms with Gasteiger partial charge in [-0.15, -0.1) is 11.3 Å². The molecule has 0 saturated carbocycles. The van der Waals surface area contributed by atoms with Gasteiger partial charge in [-0.2, -0.15) is 0 Å². The van der Waals surface area contributed by atoms with Gasteiger partial charge in [-0.05, 0) is 25.1 Å². The van der Waals surface area contributed by atoms with Crippen molar-refractivity contribution < 1.29 is 9.59 Å². The van der Waals surface area contributed by atoms with Gasteiger partial charge in [-0.1, -0.05) is 0 Å². The zero-order valence-corrected chi connectivity index (χ0v) is 9.72. The minimum absolute atomic E-state index is 0.499. The number of carbonyl (C=O) groups is 2. The molecule has 2 aromatic rings. The number of Topliss-reactive ketones (excluding diaryl/α,β-unsaturated/α-hetero) is 1. The van der Waals surface area contributed by atoms with Gasteiger partial charge >= 0.3 is 0 Å². The molecule has 2 rings (SSSR count). The number of rotatable bonds is 2. The predicted octanol–water partition coefficient (Wildman–Crippen LogP) is 2.13. The third-order valence-electron chi connectivity index (χ3n) is 2.07. The minimum Gasteiger partial charge on any atom is -0.319 e. The van der Waals surface area contributed by atoms with Crippen molar-refractivity contribution in [1.29, 1.82) is 0 Å². The topological polar surface area (TPSA) is 59.1 Å². The maximum absolute atomic E-state index is 11.2. The molecule has 0 bridgehead atoms. The number of ketones is 1. The summed E-state index contributed by atoms with van der Waals surface area (Å²) in [4.78, 5) is 26.3. The van der Waals surface area contributed by atoms with E-state index in [9.17, 15) is 9.59 Å². The van der Waals surface area contributed by atoms with Gasteiger partial charge < -0.3 is 5.32 Å². The summed E-state index contributed by atoms with van der Waals surface area (Å²) in [6, 6.07) is 5.39. The number of aryl methyl sites for hydroxylation is 1. The molecule has 0 aliphatic carbocycles. The summed E-state index contributed by atoms with van der Waals surface area (Å²) < 4.78 is 0.999. The zero-order valence-electron chi connectivity index (χ0n) is 8.90. The molecule has 1 aromatic heterocycles. The lowest BCUT2D eigenvalue weighted by atomic mass is 10.3. The molecule has 0 fully saturated rings. The van der Waals surface area contributed by atoms with E-state index in [0.717, 1.165) is 15.2 Å². The zero-order chi connectivity index (χ0) is 11.7. The van der Waals surface area contributed by atoms with E-state index in [1.165, 1.54) is 6.92 Å². The van der Waals surface area contributed by atoms with Crippen molar-refractivity contribution in [3.63, 3.8) is 0 Å². The lowest BCUT2D eigenvalue weighted by Gasteiger charge is -2.01. The first-order chi connectivity index (χ1) is 7.56. The number of hydrogen-bond acceptors (Lipinski definition) is 4. The standard InChI is InChI=1S/C11H10N2O2S/c1-6(14)11(15)13-8-3-4-9-10(5-8)16-7(2)12-9/h3-5H,1-2H3,(H,13,15). The number of thiazole rings is 1. The maximum Gasteiger partial charge on any atom is 0.291 e. The summed E-state index contributed by atoms with van der Waals surface area (Å²) in [5.74, 6) is -1.10. The average Bonchev–Trinajstić information content (AvgIpc) is 2.57. The largest absolute Gasteiger partial charge is 0.319 e. The van der Waals surface area contributed by atoms with E-state index >= 15 is 0 Å². The summed E-state index contributed by atoms with van der Waals surface area (Å²) in [5.41, 5.74) is 1.53. The van der Waals surface area contributed by atoms with Gasteiger partial charge in [0.25, 0.3) is 5.91 Å². The van der Waals surface area contributed by atoms with Crippen LogP contribution < -0.4 is 5.32 Å². The highest BCUT2D eigenvalue weighted by Crippen LogP contribution is 2.24. The number of anilines is 1. The third kappa shape index (κ3) is 2.09. The van der Waals surface area contributed by atoms with Crippen LogP contribution in [-0.4, -0.2) is 16.7 Å². The first kappa shape index (κ1) is 10.8. The van der Waals surface area contributed by atoms with Gasteiger partial charge in [0.05, 0.1) is 15.2 Å². The van der Waals surface area contributed by atoms with Crippen molar-refractivity contribution in [3.8, 4) is 0 Å². The molecule has 16 heavy (non-hydrogen) atoms. The SMILES string of the molecule is CC(=O)C(=O)Nc1ccc2nc(C)sc2c1. The lowest BCUT2D eigenvalue weighted by Crippen LogP contribution is -2.19. The molecule has 1 heterocycles. The van der Waals surface area contributed by atoms with E-state index in [0.29, 0.717) is 5.69 Å². The highest BCUT2D eigenvalue weighted by atomic mass is 32.1. The van der Waals surface area contributed by atoms with E-state index in [-0.39, 0.29) is 0 Å². The quantitative estimate of drug-likeness (QED) is 0.810. The van der Waals surface area contributed by atoms with E-state index < -0.39 is 11.7 Å². The van der Waals surface area contributed by atoms with Crippen LogP contribution in [0.15, 0.2) is 18.2 Å². The molecule has 0 saturated heterocycles. The van der Waals surface area contributed by atoms with E-state index in [2.05, 4.69) is 10.3 Å². The molecule has 1 amide bonds. The number of amides is 1. The van der Waals surface area contributed by atoms with Crippen LogP contribution >= 0.6 is 11.3 Å². The van der Waals surface area contributed by atoms with Crippen molar-refractivity contribution in [2.75, 3.05) is 5.32 Å². The Labute approximate surface area is 96.3 Å². The minimum atomic E-state index is -0.597. The van der Waals surface area contributed by atoms with Gasteiger partial charge in [0.1, 0.15) is 0 Å². The molecule has 0 aliphatic rings. The molecule has 5 heteroatoms. The smallest absolute Gasteiger partial charge is 0.291 e. The summed E-state index contributed by atoms with van der Waals surface area (Å²) in [6.45, 7) is 3.17. The second-order valence-corrected chi connectivity index (χ2v) is 4.66. The number of carbonyl (C=O) groups excluding carboxylic acids is 2. The fourth-order valence-electron chi connectivity index (χ4n) is 1.34. The molecular formula is C11H10N2O2S. The average molecular weight is 234 g/mol. The first-order valence-corrected chi connectivity index (χ1v) is 5.57. The highest BCUT2D eigenvalue weighted by molar-refractivity contribution is 7.18. The number of fused-ring (bicyclic) bond motifs is 1. The first-order valence-electron chi connectivity index (χ1n) is 4.75. The highest BCUT2D eigenvalue weighted by Gasteiger charge is 2.08. The van der Waals surface area contributed by atoms with Crippen LogP contribution in [0.1, 0.15) is 11.9 Å². The van der Waals surface area contributed by atoms with Gasteiger partial charge in [0.2, 0.25) is 5.78 Å². The molecule has 0 atom stereocenters. The van der Waals surface area contributed by atoms with E-state index in [1.807, 2.05) is 19.1 Å². The number of hydrogen-bond donors (Lipinski definition) is 1. The van der Waals surface area contributed by atoms with Crippen LogP contribution in [0.25, 0.3) is 10.2 Å². The maximum atomic E-state index is 11.2.